The molecule has 17 heavy (non-hydrogen) atoms. The van der Waals surface area contributed by atoms with Crippen LogP contribution >= 0.6 is 0 Å². The van der Waals surface area contributed by atoms with Gasteiger partial charge in [-0.25, -0.2) is 9.59 Å². The third-order valence-electron chi connectivity index (χ3n) is 3.59. The van der Waals surface area contributed by atoms with Gasteiger partial charge in [0.25, 0.3) is 0 Å². The van der Waals surface area contributed by atoms with E-state index in [1.165, 1.54) is 6.42 Å². The second-order valence-corrected chi connectivity index (χ2v) is 5.11. The van der Waals surface area contributed by atoms with Gasteiger partial charge in [0.15, 0.2) is 0 Å². The SMILES string of the molecule is O=C(NC1CC1)NC(C(=O)O)C1CCCCC1. The molecular formula is C12H20N2O3. The van der Waals surface area contributed by atoms with Crippen LogP contribution in [-0.4, -0.2) is 29.2 Å². The minimum absolute atomic E-state index is 0.0891. The zero-order chi connectivity index (χ0) is 12.3. The molecule has 2 rings (SSSR count). The second kappa shape index (κ2) is 5.38. The smallest absolute Gasteiger partial charge is 0.326 e. The van der Waals surface area contributed by atoms with E-state index in [9.17, 15) is 14.7 Å². The largest absolute Gasteiger partial charge is 0.480 e. The van der Waals surface area contributed by atoms with Crippen molar-refractivity contribution in [2.45, 2.75) is 57.0 Å². The molecule has 2 fully saturated rings. The number of carbonyl (C=O) groups excluding carboxylic acids is 1. The first-order chi connectivity index (χ1) is 8.16. The Morgan fingerprint density at radius 1 is 1.06 bits per heavy atom. The van der Waals surface area contributed by atoms with Gasteiger partial charge in [-0.15, -0.1) is 0 Å². The quantitative estimate of drug-likeness (QED) is 0.696. The molecule has 0 bridgehead atoms. The van der Waals surface area contributed by atoms with Crippen LogP contribution in [-0.2, 0) is 4.79 Å². The fourth-order valence-electron chi connectivity index (χ4n) is 2.44. The molecule has 1 unspecified atom stereocenters. The van der Waals surface area contributed by atoms with E-state index in [0.717, 1.165) is 38.5 Å². The fourth-order valence-corrected chi connectivity index (χ4v) is 2.44. The summed E-state index contributed by atoms with van der Waals surface area (Å²) in [4.78, 5) is 22.8. The number of hydrogen-bond donors (Lipinski definition) is 3. The van der Waals surface area contributed by atoms with Gasteiger partial charge >= 0.3 is 12.0 Å². The van der Waals surface area contributed by atoms with Crippen LogP contribution in [0.5, 0.6) is 0 Å². The predicted molar refractivity (Wildman–Crippen MR) is 62.7 cm³/mol. The summed E-state index contributed by atoms with van der Waals surface area (Å²) >= 11 is 0. The van der Waals surface area contributed by atoms with Crippen LogP contribution < -0.4 is 10.6 Å². The molecule has 0 heterocycles. The summed E-state index contributed by atoms with van der Waals surface area (Å²) < 4.78 is 0. The molecule has 5 heteroatoms. The van der Waals surface area contributed by atoms with Gasteiger partial charge in [0.2, 0.25) is 0 Å². The van der Waals surface area contributed by atoms with Crippen molar-refractivity contribution in [3.05, 3.63) is 0 Å². The molecule has 2 aliphatic carbocycles. The molecule has 96 valence electrons. The van der Waals surface area contributed by atoms with Gasteiger partial charge in [0.05, 0.1) is 0 Å². The molecule has 0 radical (unpaired) electrons. The zero-order valence-corrected chi connectivity index (χ0v) is 9.95. The Bertz CT molecular complexity index is 296. The lowest BCUT2D eigenvalue weighted by Crippen LogP contribution is -2.50. The zero-order valence-electron chi connectivity index (χ0n) is 9.95. The summed E-state index contributed by atoms with van der Waals surface area (Å²) in [5.74, 6) is -0.825. The number of aliphatic carboxylic acids is 1. The number of hydrogen-bond acceptors (Lipinski definition) is 2. The first-order valence-electron chi connectivity index (χ1n) is 6.46. The first kappa shape index (κ1) is 12.2. The summed E-state index contributed by atoms with van der Waals surface area (Å²) in [7, 11) is 0. The van der Waals surface area contributed by atoms with Gasteiger partial charge in [-0.1, -0.05) is 19.3 Å². The maximum absolute atomic E-state index is 11.6. The minimum Gasteiger partial charge on any atom is -0.480 e. The van der Waals surface area contributed by atoms with Gasteiger partial charge in [-0.3, -0.25) is 0 Å². The van der Waals surface area contributed by atoms with Crippen molar-refractivity contribution < 1.29 is 14.7 Å². The van der Waals surface area contributed by atoms with Crippen LogP contribution in [0.3, 0.4) is 0 Å². The summed E-state index contributed by atoms with van der Waals surface area (Å²) in [6, 6.07) is -0.796. The molecule has 1 atom stereocenters. The lowest BCUT2D eigenvalue weighted by molar-refractivity contribution is -0.141. The molecule has 0 spiro atoms. The molecule has 2 amide bonds. The second-order valence-electron chi connectivity index (χ2n) is 5.11. The monoisotopic (exact) mass is 240 g/mol. The normalized spacial score (nSPS) is 22.8. The molecule has 0 aromatic heterocycles. The summed E-state index contributed by atoms with van der Waals surface area (Å²) in [5, 5.41) is 14.6. The first-order valence-corrected chi connectivity index (χ1v) is 6.46. The van der Waals surface area contributed by atoms with E-state index in [-0.39, 0.29) is 18.0 Å². The van der Waals surface area contributed by atoms with Crippen molar-refractivity contribution in [1.29, 1.82) is 0 Å². The molecular weight excluding hydrogens is 220 g/mol. The number of carboxylic acids is 1. The Morgan fingerprint density at radius 3 is 2.24 bits per heavy atom. The predicted octanol–water partition coefficient (Wildman–Crippen LogP) is 1.48. The standard InChI is InChI=1S/C12H20N2O3/c15-11(16)10(8-4-2-1-3-5-8)14-12(17)13-9-6-7-9/h8-10H,1-7H2,(H,15,16)(H2,13,14,17). The molecule has 0 saturated heterocycles. The van der Waals surface area contributed by atoms with Crippen molar-refractivity contribution in [3.63, 3.8) is 0 Å². The summed E-state index contributed by atoms with van der Waals surface area (Å²) in [6.07, 6.45) is 7.14. The van der Waals surface area contributed by atoms with E-state index in [1.807, 2.05) is 0 Å². The topological polar surface area (TPSA) is 78.4 Å². The van der Waals surface area contributed by atoms with E-state index in [2.05, 4.69) is 10.6 Å². The van der Waals surface area contributed by atoms with E-state index in [0.29, 0.717) is 0 Å². The van der Waals surface area contributed by atoms with E-state index >= 15 is 0 Å². The Morgan fingerprint density at radius 2 is 1.71 bits per heavy atom. The average molecular weight is 240 g/mol. The highest BCUT2D eigenvalue weighted by Crippen LogP contribution is 2.26. The van der Waals surface area contributed by atoms with E-state index in [4.69, 9.17) is 0 Å². The van der Waals surface area contributed by atoms with Gasteiger partial charge in [-0.05, 0) is 31.6 Å². The highest BCUT2D eigenvalue weighted by atomic mass is 16.4. The Labute approximate surface area is 101 Å². The van der Waals surface area contributed by atoms with Crippen LogP contribution in [0, 0.1) is 5.92 Å². The molecule has 3 N–H and O–H groups in total. The van der Waals surface area contributed by atoms with Crippen molar-refractivity contribution >= 4 is 12.0 Å². The molecule has 0 aromatic rings. The summed E-state index contributed by atoms with van der Waals surface area (Å²) in [6.45, 7) is 0. The van der Waals surface area contributed by atoms with Crippen LogP contribution in [0.25, 0.3) is 0 Å². The Hall–Kier alpha value is -1.26. The molecule has 0 aromatic carbocycles. The van der Waals surface area contributed by atoms with Crippen LogP contribution in [0.15, 0.2) is 0 Å². The number of carboxylic acid groups (broad SMARTS) is 1. The maximum atomic E-state index is 11.6. The maximum Gasteiger partial charge on any atom is 0.326 e. The average Bonchev–Trinajstić information content (AvgIpc) is 3.10. The molecule has 2 saturated carbocycles. The third kappa shape index (κ3) is 3.61. The minimum atomic E-state index is -0.914. The highest BCUT2D eigenvalue weighted by Gasteiger charge is 2.32. The van der Waals surface area contributed by atoms with E-state index < -0.39 is 12.0 Å². The number of rotatable bonds is 4. The van der Waals surface area contributed by atoms with Crippen molar-refractivity contribution in [2.24, 2.45) is 5.92 Å². The van der Waals surface area contributed by atoms with Gasteiger partial charge < -0.3 is 15.7 Å². The number of nitrogens with one attached hydrogen (secondary N) is 2. The Kier molecular flexibility index (Phi) is 3.86. The lowest BCUT2D eigenvalue weighted by atomic mass is 9.84. The number of amides is 2. The van der Waals surface area contributed by atoms with Crippen molar-refractivity contribution in [1.82, 2.24) is 10.6 Å². The fraction of sp³-hybridized carbons (Fsp3) is 0.833. The van der Waals surface area contributed by atoms with Crippen LogP contribution in [0.2, 0.25) is 0 Å². The molecule has 5 nitrogen and oxygen atoms in total. The highest BCUT2D eigenvalue weighted by molar-refractivity contribution is 5.83. The third-order valence-corrected chi connectivity index (χ3v) is 3.59. The van der Waals surface area contributed by atoms with E-state index in [1.54, 1.807) is 0 Å². The Balaban J connectivity index is 1.86. The van der Waals surface area contributed by atoms with Crippen LogP contribution in [0.1, 0.15) is 44.9 Å². The van der Waals surface area contributed by atoms with Crippen molar-refractivity contribution in [3.8, 4) is 0 Å². The molecule has 0 aliphatic heterocycles. The van der Waals surface area contributed by atoms with Crippen molar-refractivity contribution in [2.75, 3.05) is 0 Å². The van der Waals surface area contributed by atoms with Gasteiger partial charge in [-0.2, -0.15) is 0 Å². The van der Waals surface area contributed by atoms with Crippen LogP contribution in [0.4, 0.5) is 4.79 Å². The number of urea groups is 1. The lowest BCUT2D eigenvalue weighted by Gasteiger charge is -2.28. The number of carbonyl (C=O) groups is 2. The molecule has 2 aliphatic rings. The van der Waals surface area contributed by atoms with Gasteiger partial charge in [0, 0.05) is 6.04 Å². The summed E-state index contributed by atoms with van der Waals surface area (Å²) in [5.41, 5.74) is 0. The van der Waals surface area contributed by atoms with Gasteiger partial charge in [0.1, 0.15) is 6.04 Å².